The molecular formula is C18H27NO. The Morgan fingerprint density at radius 2 is 2.25 bits per heavy atom. The molecule has 20 heavy (non-hydrogen) atoms. The Hall–Kier alpha value is -1.44. The third-order valence-corrected chi connectivity index (χ3v) is 4.27. The van der Waals surface area contributed by atoms with Gasteiger partial charge in [0.1, 0.15) is 5.70 Å². The lowest BCUT2D eigenvalue weighted by atomic mass is 9.71. The molecule has 0 bridgehead atoms. The standard InChI is InChI=1S/C18H27NO/c1-6-7-17(19-20)13-10-15(3)18(4,5)16-11-8-14(2)9-12-16/h7-8,10-15H,6,9H2,1-5H3/b13-10-,17-7+/t14-,15-/m0/s1. The zero-order valence-corrected chi connectivity index (χ0v) is 13.4. The zero-order chi connectivity index (χ0) is 15.2. The van der Waals surface area contributed by atoms with Crippen molar-refractivity contribution in [3.05, 3.63) is 52.6 Å². The van der Waals surface area contributed by atoms with Crippen molar-refractivity contribution in [1.29, 1.82) is 0 Å². The molecule has 1 aliphatic rings. The van der Waals surface area contributed by atoms with Crippen molar-refractivity contribution in [3.63, 3.8) is 0 Å². The van der Waals surface area contributed by atoms with Gasteiger partial charge in [0.25, 0.3) is 0 Å². The molecule has 0 aliphatic heterocycles. The number of allylic oxidation sites excluding steroid dienone is 7. The van der Waals surface area contributed by atoms with Gasteiger partial charge in [-0.05, 0) is 46.9 Å². The molecule has 0 radical (unpaired) electrons. The Morgan fingerprint density at radius 1 is 1.55 bits per heavy atom. The fourth-order valence-corrected chi connectivity index (χ4v) is 2.30. The molecule has 0 aromatic rings. The van der Waals surface area contributed by atoms with Gasteiger partial charge in [0.05, 0.1) is 0 Å². The maximum absolute atomic E-state index is 10.7. The van der Waals surface area contributed by atoms with Crippen LogP contribution in [0.15, 0.2) is 52.9 Å². The van der Waals surface area contributed by atoms with Crippen LogP contribution in [0.25, 0.3) is 0 Å². The van der Waals surface area contributed by atoms with Crippen molar-refractivity contribution in [1.82, 2.24) is 0 Å². The van der Waals surface area contributed by atoms with E-state index in [0.717, 1.165) is 12.8 Å². The molecular weight excluding hydrogens is 246 g/mol. The van der Waals surface area contributed by atoms with Crippen LogP contribution in [0.3, 0.4) is 0 Å². The molecule has 2 nitrogen and oxygen atoms in total. The van der Waals surface area contributed by atoms with Crippen molar-refractivity contribution in [2.75, 3.05) is 0 Å². The second kappa shape index (κ2) is 7.37. The molecule has 0 heterocycles. The van der Waals surface area contributed by atoms with Crippen molar-refractivity contribution < 1.29 is 0 Å². The summed E-state index contributed by atoms with van der Waals surface area (Å²) in [5.41, 5.74) is 1.97. The topological polar surface area (TPSA) is 29.4 Å². The van der Waals surface area contributed by atoms with Gasteiger partial charge in [0.15, 0.2) is 0 Å². The molecule has 1 aliphatic carbocycles. The normalized spacial score (nSPS) is 21.9. The summed E-state index contributed by atoms with van der Waals surface area (Å²) in [5, 5.41) is 3.05. The molecule has 0 spiro atoms. The second-order valence-corrected chi connectivity index (χ2v) is 6.23. The molecule has 0 saturated carbocycles. The Bertz CT molecular complexity index is 452. The van der Waals surface area contributed by atoms with Gasteiger partial charge < -0.3 is 0 Å². The summed E-state index contributed by atoms with van der Waals surface area (Å²) in [4.78, 5) is 10.7. The molecule has 2 atom stereocenters. The molecule has 0 N–H and O–H groups in total. The van der Waals surface area contributed by atoms with Gasteiger partial charge in [-0.1, -0.05) is 65.0 Å². The second-order valence-electron chi connectivity index (χ2n) is 6.23. The smallest absolute Gasteiger partial charge is 0.103 e. The molecule has 0 unspecified atom stereocenters. The van der Waals surface area contributed by atoms with Crippen LogP contribution in [0.1, 0.15) is 47.5 Å². The quantitative estimate of drug-likeness (QED) is 0.445. The Morgan fingerprint density at radius 3 is 2.75 bits per heavy atom. The maximum Gasteiger partial charge on any atom is 0.103 e. The minimum absolute atomic E-state index is 0.0628. The van der Waals surface area contributed by atoms with Gasteiger partial charge in [-0.2, -0.15) is 0 Å². The van der Waals surface area contributed by atoms with Crippen LogP contribution in [0, 0.1) is 22.2 Å². The van der Waals surface area contributed by atoms with Gasteiger partial charge in [-0.3, -0.25) is 0 Å². The summed E-state index contributed by atoms with van der Waals surface area (Å²) in [7, 11) is 0. The van der Waals surface area contributed by atoms with E-state index in [1.54, 1.807) is 0 Å². The molecule has 0 fully saturated rings. The van der Waals surface area contributed by atoms with Crippen LogP contribution in [0.5, 0.6) is 0 Å². The summed E-state index contributed by atoms with van der Waals surface area (Å²) >= 11 is 0. The number of nitroso groups, excluding NO2 is 1. The van der Waals surface area contributed by atoms with Crippen LogP contribution >= 0.6 is 0 Å². The van der Waals surface area contributed by atoms with Crippen LogP contribution in [-0.4, -0.2) is 0 Å². The monoisotopic (exact) mass is 273 g/mol. The molecule has 0 saturated heterocycles. The first-order valence-corrected chi connectivity index (χ1v) is 7.52. The Balaban J connectivity index is 2.82. The number of hydrogen-bond donors (Lipinski definition) is 0. The van der Waals surface area contributed by atoms with Gasteiger partial charge in [-0.15, -0.1) is 4.91 Å². The summed E-state index contributed by atoms with van der Waals surface area (Å²) in [6, 6.07) is 0. The molecule has 0 amide bonds. The van der Waals surface area contributed by atoms with Crippen molar-refractivity contribution in [2.24, 2.45) is 22.4 Å². The van der Waals surface area contributed by atoms with E-state index in [1.165, 1.54) is 5.57 Å². The molecule has 1 rings (SSSR count). The van der Waals surface area contributed by atoms with Gasteiger partial charge in [0.2, 0.25) is 0 Å². The first-order valence-electron chi connectivity index (χ1n) is 7.52. The van der Waals surface area contributed by atoms with E-state index in [9.17, 15) is 4.91 Å². The Labute approximate surface area is 123 Å². The lowest BCUT2D eigenvalue weighted by Gasteiger charge is -2.33. The van der Waals surface area contributed by atoms with E-state index < -0.39 is 0 Å². The fraction of sp³-hybridized carbons (Fsp3) is 0.556. The van der Waals surface area contributed by atoms with E-state index >= 15 is 0 Å². The highest BCUT2D eigenvalue weighted by Gasteiger charge is 2.28. The average molecular weight is 273 g/mol. The van der Waals surface area contributed by atoms with E-state index in [-0.39, 0.29) is 5.41 Å². The van der Waals surface area contributed by atoms with Crippen molar-refractivity contribution >= 4 is 0 Å². The van der Waals surface area contributed by atoms with Crippen LogP contribution in [-0.2, 0) is 0 Å². The largest absolute Gasteiger partial charge is 0.145 e. The van der Waals surface area contributed by atoms with E-state index in [4.69, 9.17) is 0 Å². The SMILES string of the molecule is CC/C=C(\C=C/[C@H](C)C(C)(C)C1=CC[C@@H](C)C=C1)N=O. The van der Waals surface area contributed by atoms with E-state index in [1.807, 2.05) is 19.1 Å². The lowest BCUT2D eigenvalue weighted by Crippen LogP contribution is -2.23. The first-order chi connectivity index (χ1) is 9.41. The number of rotatable bonds is 6. The zero-order valence-electron chi connectivity index (χ0n) is 13.4. The van der Waals surface area contributed by atoms with Crippen LogP contribution in [0.2, 0.25) is 0 Å². The summed E-state index contributed by atoms with van der Waals surface area (Å²) in [6.45, 7) is 10.9. The first kappa shape index (κ1) is 16.6. The predicted molar refractivity (Wildman–Crippen MR) is 87.3 cm³/mol. The molecule has 0 aromatic carbocycles. The van der Waals surface area contributed by atoms with E-state index in [2.05, 4.69) is 57.2 Å². The molecule has 2 heteroatoms. The van der Waals surface area contributed by atoms with Crippen LogP contribution in [0.4, 0.5) is 0 Å². The highest BCUT2D eigenvalue weighted by molar-refractivity contribution is 5.31. The van der Waals surface area contributed by atoms with Gasteiger partial charge in [0, 0.05) is 0 Å². The third-order valence-electron chi connectivity index (χ3n) is 4.27. The van der Waals surface area contributed by atoms with Gasteiger partial charge in [-0.25, -0.2) is 0 Å². The minimum atomic E-state index is 0.0628. The van der Waals surface area contributed by atoms with E-state index in [0.29, 0.717) is 17.5 Å². The minimum Gasteiger partial charge on any atom is -0.145 e. The third kappa shape index (κ3) is 4.29. The molecule has 0 aromatic heterocycles. The summed E-state index contributed by atoms with van der Waals surface area (Å²) in [6.07, 6.45) is 14.6. The Kier molecular flexibility index (Phi) is 6.12. The summed E-state index contributed by atoms with van der Waals surface area (Å²) < 4.78 is 0. The van der Waals surface area contributed by atoms with Crippen molar-refractivity contribution in [3.8, 4) is 0 Å². The maximum atomic E-state index is 10.7. The average Bonchev–Trinajstić information content (AvgIpc) is 2.43. The molecule has 110 valence electrons. The number of hydrogen-bond acceptors (Lipinski definition) is 2. The predicted octanol–water partition coefficient (Wildman–Crippen LogP) is 5.79. The van der Waals surface area contributed by atoms with Crippen LogP contribution < -0.4 is 0 Å². The number of nitrogens with zero attached hydrogens (tertiary/aromatic N) is 1. The highest BCUT2D eigenvalue weighted by atomic mass is 16.3. The van der Waals surface area contributed by atoms with Crippen molar-refractivity contribution in [2.45, 2.75) is 47.5 Å². The lowest BCUT2D eigenvalue weighted by molar-refractivity contribution is 0.347. The fourth-order valence-electron chi connectivity index (χ4n) is 2.30. The highest BCUT2D eigenvalue weighted by Crippen LogP contribution is 2.38. The summed E-state index contributed by atoms with van der Waals surface area (Å²) in [5.74, 6) is 0.979. The van der Waals surface area contributed by atoms with Gasteiger partial charge >= 0.3 is 0 Å².